The largest absolute Gasteiger partial charge is 0.449 e. The lowest BCUT2D eigenvalue weighted by molar-refractivity contribution is -0.114. The van der Waals surface area contributed by atoms with Crippen LogP contribution in [-0.4, -0.2) is 29.1 Å². The Morgan fingerprint density at radius 3 is 2.48 bits per heavy atom. The minimum atomic E-state index is -0.405. The summed E-state index contributed by atoms with van der Waals surface area (Å²) in [5.74, 6) is -0.133. The van der Waals surface area contributed by atoms with E-state index in [0.29, 0.717) is 18.2 Å². The number of nitrogens with one attached hydrogen (secondary N) is 2. The van der Waals surface area contributed by atoms with Crippen molar-refractivity contribution in [3.8, 4) is 11.3 Å². The average molecular weight is 361 g/mol. The van der Waals surface area contributed by atoms with E-state index in [2.05, 4.69) is 15.6 Å². The molecule has 0 aliphatic carbocycles. The summed E-state index contributed by atoms with van der Waals surface area (Å²) in [5, 5.41) is 7.92. The quantitative estimate of drug-likeness (QED) is 0.848. The fraction of sp³-hybridized carbons (Fsp3) is 0.389. The van der Waals surface area contributed by atoms with E-state index < -0.39 is 6.09 Å². The predicted molar refractivity (Wildman–Crippen MR) is 99.8 cm³/mol. The Morgan fingerprint density at radius 1 is 1.20 bits per heavy atom. The first-order valence-electron chi connectivity index (χ1n) is 8.00. The van der Waals surface area contributed by atoms with Crippen molar-refractivity contribution in [2.75, 3.05) is 11.9 Å². The molecular weight excluding hydrogens is 338 g/mol. The van der Waals surface area contributed by atoms with Crippen molar-refractivity contribution >= 4 is 28.5 Å². The molecule has 134 valence electrons. The van der Waals surface area contributed by atoms with E-state index in [1.165, 1.54) is 18.3 Å². The van der Waals surface area contributed by atoms with Crippen LogP contribution in [0.3, 0.4) is 0 Å². The van der Waals surface area contributed by atoms with Gasteiger partial charge in [-0.2, -0.15) is 0 Å². The summed E-state index contributed by atoms with van der Waals surface area (Å²) in [5.41, 5.74) is 2.57. The zero-order valence-corrected chi connectivity index (χ0v) is 15.7. The van der Waals surface area contributed by atoms with Gasteiger partial charge in [0.1, 0.15) is 0 Å². The first-order chi connectivity index (χ1) is 11.7. The fourth-order valence-corrected chi connectivity index (χ4v) is 2.83. The number of anilines is 1. The number of rotatable bonds is 5. The summed E-state index contributed by atoms with van der Waals surface area (Å²) in [6.45, 7) is 7.50. The standard InChI is InChI=1S/C18H23N3O3S/c1-12(22)19-16-20-15(11-25-16)14-7-5-13(6-8-14)9-10-24-17(23)21-18(2,3)4/h5-8,11H,9-10H2,1-4H3,(H,21,23)(H,19,20,22). The highest BCUT2D eigenvalue weighted by molar-refractivity contribution is 7.14. The SMILES string of the molecule is CC(=O)Nc1nc(-c2ccc(CCOC(=O)NC(C)(C)C)cc2)cs1. The van der Waals surface area contributed by atoms with Crippen LogP contribution in [-0.2, 0) is 16.0 Å². The molecule has 0 radical (unpaired) electrons. The van der Waals surface area contributed by atoms with Crippen molar-refractivity contribution in [2.24, 2.45) is 0 Å². The molecule has 1 aromatic heterocycles. The van der Waals surface area contributed by atoms with Crippen LogP contribution in [0, 0.1) is 0 Å². The minimum Gasteiger partial charge on any atom is -0.449 e. The highest BCUT2D eigenvalue weighted by atomic mass is 32.1. The number of hydrogen-bond acceptors (Lipinski definition) is 5. The highest BCUT2D eigenvalue weighted by Gasteiger charge is 2.14. The Bertz CT molecular complexity index is 733. The number of aromatic nitrogens is 1. The zero-order chi connectivity index (χ0) is 18.4. The summed E-state index contributed by atoms with van der Waals surface area (Å²) in [6.07, 6.45) is 0.239. The number of benzene rings is 1. The zero-order valence-electron chi connectivity index (χ0n) is 14.9. The molecule has 1 heterocycles. The Labute approximate surface area is 151 Å². The molecule has 6 nitrogen and oxygen atoms in total. The average Bonchev–Trinajstić information content (AvgIpc) is 2.93. The molecule has 0 fully saturated rings. The summed E-state index contributed by atoms with van der Waals surface area (Å²) < 4.78 is 5.18. The van der Waals surface area contributed by atoms with Crippen molar-refractivity contribution in [2.45, 2.75) is 39.7 Å². The first kappa shape index (κ1) is 18.9. The van der Waals surface area contributed by atoms with E-state index in [0.717, 1.165) is 16.8 Å². The topological polar surface area (TPSA) is 80.3 Å². The van der Waals surface area contributed by atoms with Crippen LogP contribution in [0.25, 0.3) is 11.3 Å². The second-order valence-corrected chi connectivity index (χ2v) is 7.54. The van der Waals surface area contributed by atoms with Crippen molar-refractivity contribution < 1.29 is 14.3 Å². The molecule has 7 heteroatoms. The summed E-state index contributed by atoms with van der Waals surface area (Å²) in [6, 6.07) is 7.91. The lowest BCUT2D eigenvalue weighted by Gasteiger charge is -2.19. The molecule has 0 aliphatic rings. The number of nitrogens with zero attached hydrogens (tertiary/aromatic N) is 1. The summed E-state index contributed by atoms with van der Waals surface area (Å²) >= 11 is 1.39. The van der Waals surface area contributed by atoms with Gasteiger partial charge in [0, 0.05) is 29.8 Å². The third-order valence-electron chi connectivity index (χ3n) is 3.14. The van der Waals surface area contributed by atoms with Crippen LogP contribution in [0.1, 0.15) is 33.3 Å². The van der Waals surface area contributed by atoms with Gasteiger partial charge in [-0.25, -0.2) is 9.78 Å². The van der Waals surface area contributed by atoms with Crippen LogP contribution in [0.2, 0.25) is 0 Å². The van der Waals surface area contributed by atoms with Gasteiger partial charge in [0.15, 0.2) is 5.13 Å². The Hall–Kier alpha value is -2.41. The van der Waals surface area contributed by atoms with Gasteiger partial charge < -0.3 is 15.4 Å². The molecular formula is C18H23N3O3S. The van der Waals surface area contributed by atoms with Gasteiger partial charge in [0.05, 0.1) is 12.3 Å². The molecule has 0 atom stereocenters. The van der Waals surface area contributed by atoms with Crippen LogP contribution in [0.15, 0.2) is 29.6 Å². The maximum Gasteiger partial charge on any atom is 0.407 e. The van der Waals surface area contributed by atoms with Gasteiger partial charge in [-0.3, -0.25) is 4.79 Å². The third kappa shape index (κ3) is 6.54. The smallest absolute Gasteiger partial charge is 0.407 e. The number of thiazole rings is 1. The molecule has 0 aliphatic heterocycles. The van der Waals surface area contributed by atoms with E-state index in [9.17, 15) is 9.59 Å². The molecule has 0 saturated carbocycles. The number of carbonyl (C=O) groups is 2. The molecule has 25 heavy (non-hydrogen) atoms. The molecule has 1 aromatic carbocycles. The van der Waals surface area contributed by atoms with Crippen molar-refractivity contribution in [1.29, 1.82) is 0 Å². The van der Waals surface area contributed by atoms with Crippen molar-refractivity contribution in [3.05, 3.63) is 35.2 Å². The van der Waals surface area contributed by atoms with E-state index >= 15 is 0 Å². The van der Waals surface area contributed by atoms with E-state index in [4.69, 9.17) is 4.74 Å². The lowest BCUT2D eigenvalue weighted by atomic mass is 10.1. The number of ether oxygens (including phenoxy) is 1. The normalized spacial score (nSPS) is 11.0. The highest BCUT2D eigenvalue weighted by Crippen LogP contribution is 2.25. The Balaban J connectivity index is 1.86. The summed E-state index contributed by atoms with van der Waals surface area (Å²) in [7, 11) is 0. The Morgan fingerprint density at radius 2 is 1.88 bits per heavy atom. The van der Waals surface area contributed by atoms with E-state index in [1.807, 2.05) is 50.4 Å². The molecule has 2 N–H and O–H groups in total. The molecule has 0 saturated heterocycles. The van der Waals surface area contributed by atoms with Gasteiger partial charge in [-0.1, -0.05) is 24.3 Å². The maximum atomic E-state index is 11.6. The van der Waals surface area contributed by atoms with E-state index in [-0.39, 0.29) is 11.4 Å². The first-order valence-corrected chi connectivity index (χ1v) is 8.88. The molecule has 2 amide bonds. The van der Waals surface area contributed by atoms with Crippen LogP contribution < -0.4 is 10.6 Å². The molecule has 0 bridgehead atoms. The predicted octanol–water partition coefficient (Wildman–Crippen LogP) is 3.84. The van der Waals surface area contributed by atoms with Crippen LogP contribution in [0.4, 0.5) is 9.93 Å². The van der Waals surface area contributed by atoms with Crippen LogP contribution in [0.5, 0.6) is 0 Å². The van der Waals surface area contributed by atoms with Crippen LogP contribution >= 0.6 is 11.3 Å². The molecule has 0 spiro atoms. The monoisotopic (exact) mass is 361 g/mol. The van der Waals surface area contributed by atoms with Gasteiger partial charge in [-0.15, -0.1) is 11.3 Å². The van der Waals surface area contributed by atoms with E-state index in [1.54, 1.807) is 0 Å². The summed E-state index contributed by atoms with van der Waals surface area (Å²) in [4.78, 5) is 27.0. The lowest BCUT2D eigenvalue weighted by Crippen LogP contribution is -2.41. The van der Waals surface area contributed by atoms with Gasteiger partial charge in [0.25, 0.3) is 0 Å². The molecule has 2 rings (SSSR count). The second-order valence-electron chi connectivity index (χ2n) is 6.68. The third-order valence-corrected chi connectivity index (χ3v) is 3.90. The number of amides is 2. The minimum absolute atomic E-state index is 0.133. The van der Waals surface area contributed by atoms with Gasteiger partial charge >= 0.3 is 6.09 Å². The van der Waals surface area contributed by atoms with Crippen molar-refractivity contribution in [1.82, 2.24) is 10.3 Å². The number of carbonyl (C=O) groups excluding carboxylic acids is 2. The fourth-order valence-electron chi connectivity index (χ4n) is 2.06. The van der Waals surface area contributed by atoms with Gasteiger partial charge in [0.2, 0.25) is 5.91 Å². The number of hydrogen-bond donors (Lipinski definition) is 2. The number of alkyl carbamates (subject to hydrolysis) is 1. The van der Waals surface area contributed by atoms with Crippen molar-refractivity contribution in [3.63, 3.8) is 0 Å². The molecule has 0 unspecified atom stereocenters. The van der Waals surface area contributed by atoms with Gasteiger partial charge in [-0.05, 0) is 26.3 Å². The Kier molecular flexibility index (Phi) is 6.14. The maximum absolute atomic E-state index is 11.6. The second kappa shape index (κ2) is 8.11. The molecule has 2 aromatic rings.